The number of aromatic nitrogens is 2. The summed E-state index contributed by atoms with van der Waals surface area (Å²) in [6.07, 6.45) is 7.44. The van der Waals surface area contributed by atoms with Crippen LogP contribution in [0.3, 0.4) is 0 Å². The second-order valence-corrected chi connectivity index (χ2v) is 5.96. The Labute approximate surface area is 117 Å². The Balaban J connectivity index is 1.55. The second-order valence-electron chi connectivity index (χ2n) is 5.96. The van der Waals surface area contributed by atoms with Crippen LogP contribution in [0.25, 0.3) is 0 Å². The first kappa shape index (κ1) is 13.1. The monoisotopic (exact) mass is 276 g/mol. The van der Waals surface area contributed by atoms with Gasteiger partial charge in [-0.1, -0.05) is 19.3 Å². The molecule has 6 nitrogen and oxygen atoms in total. The molecular weight excluding hydrogens is 256 g/mol. The van der Waals surface area contributed by atoms with Crippen LogP contribution in [-0.4, -0.2) is 21.9 Å². The standard InChI is InChI=1S/C14H20N4O2/c1-18-12(19)6-5-11(17-18)16-13(20)15-10-9-14(10)7-3-2-4-8-14/h5-6,10H,2-4,7-9H2,1H3,(H2,15,16,17,20). The van der Waals surface area contributed by atoms with Gasteiger partial charge in [0.15, 0.2) is 5.82 Å². The molecule has 3 rings (SSSR count). The highest BCUT2D eigenvalue weighted by Gasteiger charge is 2.54. The maximum atomic E-state index is 11.9. The van der Waals surface area contributed by atoms with Crippen LogP contribution in [0.15, 0.2) is 16.9 Å². The van der Waals surface area contributed by atoms with Crippen molar-refractivity contribution in [3.8, 4) is 0 Å². The fraction of sp³-hybridized carbons (Fsp3) is 0.643. The van der Waals surface area contributed by atoms with Crippen molar-refractivity contribution in [3.63, 3.8) is 0 Å². The van der Waals surface area contributed by atoms with Crippen LogP contribution < -0.4 is 16.2 Å². The molecule has 2 fully saturated rings. The molecule has 2 aliphatic carbocycles. The van der Waals surface area contributed by atoms with E-state index < -0.39 is 0 Å². The molecule has 1 heterocycles. The van der Waals surface area contributed by atoms with Crippen molar-refractivity contribution < 1.29 is 4.79 Å². The third kappa shape index (κ3) is 2.55. The lowest BCUT2D eigenvalue weighted by Gasteiger charge is -2.22. The Bertz CT molecular complexity index is 575. The van der Waals surface area contributed by atoms with E-state index in [1.807, 2.05) is 0 Å². The SMILES string of the molecule is Cn1nc(NC(=O)NC2CC23CCCCC3)ccc1=O. The summed E-state index contributed by atoms with van der Waals surface area (Å²) in [5.41, 5.74) is 0.173. The minimum Gasteiger partial charge on any atom is -0.335 e. The predicted molar refractivity (Wildman–Crippen MR) is 75.6 cm³/mol. The molecule has 1 atom stereocenters. The van der Waals surface area contributed by atoms with E-state index in [9.17, 15) is 9.59 Å². The number of urea groups is 1. The first-order valence-electron chi connectivity index (χ1n) is 7.21. The summed E-state index contributed by atoms with van der Waals surface area (Å²) >= 11 is 0. The first-order valence-corrected chi connectivity index (χ1v) is 7.21. The zero-order chi connectivity index (χ0) is 14.2. The highest BCUT2D eigenvalue weighted by atomic mass is 16.2. The van der Waals surface area contributed by atoms with Crippen LogP contribution in [0.2, 0.25) is 0 Å². The molecule has 1 aromatic rings. The lowest BCUT2D eigenvalue weighted by molar-refractivity contribution is 0.246. The largest absolute Gasteiger partial charge is 0.335 e. The number of hydrogen-bond acceptors (Lipinski definition) is 3. The molecule has 0 radical (unpaired) electrons. The van der Waals surface area contributed by atoms with Gasteiger partial charge in [-0.15, -0.1) is 0 Å². The number of nitrogens with one attached hydrogen (secondary N) is 2. The lowest BCUT2D eigenvalue weighted by atomic mass is 9.86. The molecule has 6 heteroatoms. The average Bonchev–Trinajstić information content (AvgIpc) is 3.06. The fourth-order valence-electron chi connectivity index (χ4n) is 3.24. The number of anilines is 1. The molecule has 108 valence electrons. The van der Waals surface area contributed by atoms with Gasteiger partial charge in [0, 0.05) is 19.2 Å². The van der Waals surface area contributed by atoms with E-state index in [2.05, 4.69) is 15.7 Å². The van der Waals surface area contributed by atoms with Crippen molar-refractivity contribution in [2.75, 3.05) is 5.32 Å². The molecule has 20 heavy (non-hydrogen) atoms. The van der Waals surface area contributed by atoms with Gasteiger partial charge >= 0.3 is 6.03 Å². The third-order valence-corrected chi connectivity index (χ3v) is 4.55. The number of carbonyl (C=O) groups excluding carboxylic acids is 1. The van der Waals surface area contributed by atoms with Crippen molar-refractivity contribution in [2.24, 2.45) is 12.5 Å². The topological polar surface area (TPSA) is 76.0 Å². The van der Waals surface area contributed by atoms with Gasteiger partial charge in [-0.3, -0.25) is 10.1 Å². The minimum absolute atomic E-state index is 0.195. The molecule has 0 aliphatic heterocycles. The van der Waals surface area contributed by atoms with Gasteiger partial charge in [0.25, 0.3) is 5.56 Å². The van der Waals surface area contributed by atoms with Crippen LogP contribution in [0.5, 0.6) is 0 Å². The molecule has 1 aromatic heterocycles. The van der Waals surface area contributed by atoms with Gasteiger partial charge in [0.1, 0.15) is 0 Å². The summed E-state index contributed by atoms with van der Waals surface area (Å²) in [5, 5.41) is 9.68. The first-order chi connectivity index (χ1) is 9.59. The van der Waals surface area contributed by atoms with Crippen LogP contribution >= 0.6 is 0 Å². The molecule has 2 aliphatic rings. The lowest BCUT2D eigenvalue weighted by Crippen LogP contribution is -2.35. The van der Waals surface area contributed by atoms with Crippen molar-refractivity contribution in [3.05, 3.63) is 22.5 Å². The van der Waals surface area contributed by atoms with E-state index in [-0.39, 0.29) is 11.6 Å². The number of hydrogen-bond donors (Lipinski definition) is 2. The summed E-state index contributed by atoms with van der Waals surface area (Å²) < 4.78 is 1.20. The summed E-state index contributed by atoms with van der Waals surface area (Å²) in [4.78, 5) is 23.2. The Morgan fingerprint density at radius 3 is 2.80 bits per heavy atom. The second kappa shape index (κ2) is 4.92. The number of rotatable bonds is 2. The van der Waals surface area contributed by atoms with E-state index in [0.717, 1.165) is 6.42 Å². The van der Waals surface area contributed by atoms with Crippen molar-refractivity contribution in [2.45, 2.75) is 44.6 Å². The molecule has 2 N–H and O–H groups in total. The van der Waals surface area contributed by atoms with E-state index in [4.69, 9.17) is 0 Å². The normalized spacial score (nSPS) is 23.4. The molecular formula is C14H20N4O2. The number of aryl methyl sites for hydroxylation is 1. The van der Waals surface area contributed by atoms with Gasteiger partial charge in [-0.25, -0.2) is 9.48 Å². The molecule has 1 unspecified atom stereocenters. The van der Waals surface area contributed by atoms with Crippen LogP contribution in [-0.2, 0) is 7.05 Å². The molecule has 2 saturated carbocycles. The van der Waals surface area contributed by atoms with E-state index in [1.165, 1.54) is 48.9 Å². The molecule has 0 bridgehead atoms. The Morgan fingerprint density at radius 1 is 1.35 bits per heavy atom. The van der Waals surface area contributed by atoms with Crippen molar-refractivity contribution in [1.29, 1.82) is 0 Å². The van der Waals surface area contributed by atoms with Gasteiger partial charge in [0.2, 0.25) is 0 Å². The number of carbonyl (C=O) groups is 1. The summed E-state index contributed by atoms with van der Waals surface area (Å²) in [6, 6.07) is 2.98. The van der Waals surface area contributed by atoms with Gasteiger partial charge in [0.05, 0.1) is 0 Å². The Hall–Kier alpha value is -1.85. The van der Waals surface area contributed by atoms with Crippen molar-refractivity contribution >= 4 is 11.8 Å². The maximum Gasteiger partial charge on any atom is 0.320 e. The number of nitrogens with zero attached hydrogens (tertiary/aromatic N) is 2. The predicted octanol–water partition coefficient (Wildman–Crippen LogP) is 1.62. The van der Waals surface area contributed by atoms with E-state index in [0.29, 0.717) is 17.3 Å². The van der Waals surface area contributed by atoms with Crippen LogP contribution in [0.4, 0.5) is 10.6 Å². The summed E-state index contributed by atoms with van der Waals surface area (Å²) in [5.74, 6) is 0.392. The average molecular weight is 276 g/mol. The quantitative estimate of drug-likeness (QED) is 0.862. The Kier molecular flexibility index (Phi) is 3.23. The zero-order valence-corrected chi connectivity index (χ0v) is 11.7. The van der Waals surface area contributed by atoms with E-state index in [1.54, 1.807) is 7.05 Å². The Morgan fingerprint density at radius 2 is 2.10 bits per heavy atom. The summed E-state index contributed by atoms with van der Waals surface area (Å²) in [7, 11) is 1.56. The van der Waals surface area contributed by atoms with Crippen molar-refractivity contribution in [1.82, 2.24) is 15.1 Å². The van der Waals surface area contributed by atoms with Gasteiger partial charge in [-0.05, 0) is 30.7 Å². The van der Waals surface area contributed by atoms with Crippen LogP contribution in [0.1, 0.15) is 38.5 Å². The van der Waals surface area contributed by atoms with Crippen LogP contribution in [0, 0.1) is 5.41 Å². The molecule has 1 spiro atoms. The van der Waals surface area contributed by atoms with Gasteiger partial charge < -0.3 is 5.32 Å². The molecule has 0 aromatic carbocycles. The van der Waals surface area contributed by atoms with Gasteiger partial charge in [-0.2, -0.15) is 5.10 Å². The highest BCUT2D eigenvalue weighted by molar-refractivity contribution is 5.88. The highest BCUT2D eigenvalue weighted by Crippen LogP contribution is 2.56. The third-order valence-electron chi connectivity index (χ3n) is 4.55. The fourth-order valence-corrected chi connectivity index (χ4v) is 3.24. The van der Waals surface area contributed by atoms with E-state index >= 15 is 0 Å². The number of amides is 2. The zero-order valence-electron chi connectivity index (χ0n) is 11.7. The summed E-state index contributed by atoms with van der Waals surface area (Å²) in [6.45, 7) is 0. The minimum atomic E-state index is -0.233. The maximum absolute atomic E-state index is 11.9. The molecule has 0 saturated heterocycles. The molecule has 2 amide bonds. The smallest absolute Gasteiger partial charge is 0.320 e.